The van der Waals surface area contributed by atoms with E-state index < -0.39 is 17.7 Å². The maximum absolute atomic E-state index is 11.8. The van der Waals surface area contributed by atoms with E-state index >= 15 is 0 Å². The van der Waals surface area contributed by atoms with Crippen molar-refractivity contribution in [1.29, 1.82) is 0 Å². The molecule has 22 heavy (non-hydrogen) atoms. The van der Waals surface area contributed by atoms with Crippen molar-refractivity contribution >= 4 is 23.7 Å². The number of carboxylic acid groups (broad SMARTS) is 1. The molecule has 1 aromatic carbocycles. The highest BCUT2D eigenvalue weighted by Crippen LogP contribution is 2.29. The van der Waals surface area contributed by atoms with Gasteiger partial charge in [-0.1, -0.05) is 17.7 Å². The highest BCUT2D eigenvalue weighted by atomic mass is 35.5. The van der Waals surface area contributed by atoms with Crippen molar-refractivity contribution in [2.75, 3.05) is 13.1 Å². The standard InChI is InChI=1S/C15H18ClNO5/c1-15(2,3)22-14(20)17-7-9(8-17)21-11-6-4-5-10(16)12(11)13(18)19/h4-6,9H,7-8H2,1-3H3,(H,18,19). The summed E-state index contributed by atoms with van der Waals surface area (Å²) in [5.74, 6) is -0.947. The molecule has 1 aromatic rings. The van der Waals surface area contributed by atoms with Crippen molar-refractivity contribution in [3.63, 3.8) is 0 Å². The van der Waals surface area contributed by atoms with E-state index in [0.29, 0.717) is 13.1 Å². The average Bonchev–Trinajstić information content (AvgIpc) is 2.30. The third-order valence-electron chi connectivity index (χ3n) is 2.98. The molecule has 0 unspecified atom stereocenters. The summed E-state index contributed by atoms with van der Waals surface area (Å²) in [6, 6.07) is 4.66. The highest BCUT2D eigenvalue weighted by Gasteiger charge is 2.35. The summed E-state index contributed by atoms with van der Waals surface area (Å²) in [7, 11) is 0. The summed E-state index contributed by atoms with van der Waals surface area (Å²) >= 11 is 5.88. The lowest BCUT2D eigenvalue weighted by molar-refractivity contribution is -0.0224. The van der Waals surface area contributed by atoms with Gasteiger partial charge in [0.25, 0.3) is 0 Å². The molecule has 1 heterocycles. The van der Waals surface area contributed by atoms with E-state index in [1.165, 1.54) is 11.0 Å². The van der Waals surface area contributed by atoms with Crippen molar-refractivity contribution in [3.8, 4) is 5.75 Å². The molecule has 120 valence electrons. The van der Waals surface area contributed by atoms with Crippen LogP contribution in [0.25, 0.3) is 0 Å². The molecule has 1 amide bonds. The normalized spacial score (nSPS) is 15.2. The average molecular weight is 328 g/mol. The second kappa shape index (κ2) is 6.04. The summed E-state index contributed by atoms with van der Waals surface area (Å²) < 4.78 is 10.9. The molecule has 0 bridgehead atoms. The van der Waals surface area contributed by atoms with E-state index in [9.17, 15) is 9.59 Å². The van der Waals surface area contributed by atoms with Gasteiger partial charge in [-0.25, -0.2) is 9.59 Å². The maximum Gasteiger partial charge on any atom is 0.410 e. The van der Waals surface area contributed by atoms with Crippen LogP contribution in [0.5, 0.6) is 5.75 Å². The number of aromatic carboxylic acids is 1. The van der Waals surface area contributed by atoms with E-state index in [1.54, 1.807) is 32.9 Å². The molecule has 0 aliphatic carbocycles. The van der Waals surface area contributed by atoms with Crippen molar-refractivity contribution in [1.82, 2.24) is 4.90 Å². The monoisotopic (exact) mass is 327 g/mol. The number of benzene rings is 1. The van der Waals surface area contributed by atoms with E-state index in [0.717, 1.165) is 0 Å². The molecule has 1 saturated heterocycles. The molecule has 1 aliphatic rings. The van der Waals surface area contributed by atoms with E-state index in [1.807, 2.05) is 0 Å². The molecule has 1 aliphatic heterocycles. The number of carbonyl (C=O) groups is 2. The highest BCUT2D eigenvalue weighted by molar-refractivity contribution is 6.33. The summed E-state index contributed by atoms with van der Waals surface area (Å²) in [5.41, 5.74) is -0.619. The van der Waals surface area contributed by atoms with Crippen LogP contribution >= 0.6 is 11.6 Å². The first kappa shape index (κ1) is 16.4. The Kier molecular flexibility index (Phi) is 4.51. The fraction of sp³-hybridized carbons (Fsp3) is 0.467. The molecule has 7 heteroatoms. The Morgan fingerprint density at radius 2 is 1.95 bits per heavy atom. The maximum atomic E-state index is 11.8. The third kappa shape index (κ3) is 3.82. The first-order valence-corrected chi connectivity index (χ1v) is 7.21. The van der Waals surface area contributed by atoms with Gasteiger partial charge < -0.3 is 19.5 Å². The van der Waals surface area contributed by atoms with Gasteiger partial charge in [0.1, 0.15) is 23.0 Å². The topological polar surface area (TPSA) is 76.1 Å². The zero-order valence-corrected chi connectivity index (χ0v) is 13.4. The van der Waals surface area contributed by atoms with Gasteiger partial charge in [-0.2, -0.15) is 0 Å². The lowest BCUT2D eigenvalue weighted by Gasteiger charge is -2.39. The fourth-order valence-corrected chi connectivity index (χ4v) is 2.22. The zero-order chi connectivity index (χ0) is 16.5. The minimum Gasteiger partial charge on any atom is -0.486 e. The summed E-state index contributed by atoms with van der Waals surface area (Å²) in [6.45, 7) is 6.08. The Hall–Kier alpha value is -1.95. The molecule has 0 saturated carbocycles. The van der Waals surface area contributed by atoms with E-state index in [4.69, 9.17) is 26.2 Å². The van der Waals surface area contributed by atoms with Crippen molar-refractivity contribution in [3.05, 3.63) is 28.8 Å². The second-order valence-electron chi connectivity index (χ2n) is 6.04. The number of carbonyl (C=O) groups excluding carboxylic acids is 1. The number of likely N-dealkylation sites (tertiary alicyclic amines) is 1. The van der Waals surface area contributed by atoms with Gasteiger partial charge in [-0.3, -0.25) is 0 Å². The molecule has 1 fully saturated rings. The SMILES string of the molecule is CC(C)(C)OC(=O)N1CC(Oc2cccc(Cl)c2C(=O)O)C1. The Labute approximate surface area is 133 Å². The van der Waals surface area contributed by atoms with Crippen LogP contribution < -0.4 is 4.74 Å². The number of carboxylic acids is 1. The van der Waals surface area contributed by atoms with E-state index in [-0.39, 0.29) is 22.4 Å². The Balaban J connectivity index is 1.95. The number of ether oxygens (including phenoxy) is 2. The van der Waals surface area contributed by atoms with Crippen molar-refractivity contribution in [2.45, 2.75) is 32.5 Å². The van der Waals surface area contributed by atoms with Crippen LogP contribution in [0.1, 0.15) is 31.1 Å². The van der Waals surface area contributed by atoms with Gasteiger partial charge in [-0.05, 0) is 32.9 Å². The molecule has 2 rings (SSSR count). The molecular weight excluding hydrogens is 310 g/mol. The van der Waals surface area contributed by atoms with Gasteiger partial charge >= 0.3 is 12.1 Å². The number of halogens is 1. The van der Waals surface area contributed by atoms with Crippen LogP contribution in [0.3, 0.4) is 0 Å². The van der Waals surface area contributed by atoms with Crippen molar-refractivity contribution in [2.24, 2.45) is 0 Å². The first-order valence-electron chi connectivity index (χ1n) is 6.84. The molecule has 6 nitrogen and oxygen atoms in total. The fourth-order valence-electron chi connectivity index (χ4n) is 1.98. The van der Waals surface area contributed by atoms with Gasteiger partial charge in [0.05, 0.1) is 18.1 Å². The second-order valence-corrected chi connectivity index (χ2v) is 6.45. The van der Waals surface area contributed by atoms with Crippen LogP contribution in [-0.2, 0) is 4.74 Å². The zero-order valence-electron chi connectivity index (χ0n) is 12.6. The molecular formula is C15H18ClNO5. The largest absolute Gasteiger partial charge is 0.486 e. The van der Waals surface area contributed by atoms with Crippen LogP contribution in [0.15, 0.2) is 18.2 Å². The molecule has 0 aromatic heterocycles. The van der Waals surface area contributed by atoms with Crippen LogP contribution in [0.2, 0.25) is 5.02 Å². The lowest BCUT2D eigenvalue weighted by atomic mass is 10.1. The number of nitrogens with zero attached hydrogens (tertiary/aromatic N) is 1. The smallest absolute Gasteiger partial charge is 0.410 e. The minimum absolute atomic E-state index is 0.0696. The molecule has 1 N–H and O–H groups in total. The number of rotatable bonds is 3. The quantitative estimate of drug-likeness (QED) is 0.923. The number of amides is 1. The predicted molar refractivity (Wildman–Crippen MR) is 80.6 cm³/mol. The van der Waals surface area contributed by atoms with Gasteiger partial charge in [0.15, 0.2) is 0 Å². The Morgan fingerprint density at radius 3 is 2.50 bits per heavy atom. The first-order chi connectivity index (χ1) is 10.2. The van der Waals surface area contributed by atoms with Gasteiger partial charge in [0, 0.05) is 0 Å². The lowest BCUT2D eigenvalue weighted by Crippen LogP contribution is -2.57. The molecule has 0 spiro atoms. The summed E-state index contributed by atoms with van der Waals surface area (Å²) in [6.07, 6.45) is -0.680. The van der Waals surface area contributed by atoms with Gasteiger partial charge in [-0.15, -0.1) is 0 Å². The summed E-state index contributed by atoms with van der Waals surface area (Å²) in [5, 5.41) is 9.29. The minimum atomic E-state index is -1.15. The molecule has 0 radical (unpaired) electrons. The Bertz CT molecular complexity index is 590. The summed E-state index contributed by atoms with van der Waals surface area (Å²) in [4.78, 5) is 24.5. The predicted octanol–water partition coefficient (Wildman–Crippen LogP) is 3.04. The van der Waals surface area contributed by atoms with Crippen molar-refractivity contribution < 1.29 is 24.2 Å². The number of hydrogen-bond acceptors (Lipinski definition) is 4. The molecule has 0 atom stereocenters. The Morgan fingerprint density at radius 1 is 1.32 bits per heavy atom. The third-order valence-corrected chi connectivity index (χ3v) is 3.30. The number of hydrogen-bond donors (Lipinski definition) is 1. The van der Waals surface area contributed by atoms with Gasteiger partial charge in [0.2, 0.25) is 0 Å². The van der Waals surface area contributed by atoms with E-state index in [2.05, 4.69) is 0 Å². The van der Waals surface area contributed by atoms with Crippen LogP contribution in [-0.4, -0.2) is 46.9 Å². The van der Waals surface area contributed by atoms with Crippen LogP contribution in [0.4, 0.5) is 4.79 Å². The van der Waals surface area contributed by atoms with Crippen LogP contribution in [0, 0.1) is 0 Å².